The molecule has 0 aliphatic carbocycles. The summed E-state index contributed by atoms with van der Waals surface area (Å²) in [7, 11) is 0. The summed E-state index contributed by atoms with van der Waals surface area (Å²) in [5.41, 5.74) is 1.49. The van der Waals surface area contributed by atoms with E-state index in [2.05, 4.69) is 40.4 Å². The molecule has 8 heteroatoms. The van der Waals surface area contributed by atoms with Crippen LogP contribution in [0.4, 0.5) is 11.4 Å². The van der Waals surface area contributed by atoms with Crippen molar-refractivity contribution < 1.29 is 9.72 Å². The molecule has 0 saturated carbocycles. The largest absolute Gasteiger partial charge is 0.324 e. The second kappa shape index (κ2) is 9.12. The van der Waals surface area contributed by atoms with Gasteiger partial charge in [0.05, 0.1) is 17.2 Å². The first-order valence-electron chi connectivity index (χ1n) is 8.00. The maximum Gasteiger partial charge on any atom is 0.270 e. The first-order valence-corrected chi connectivity index (χ1v) is 9.17. The number of nitrogens with zero attached hydrogens (tertiary/aromatic N) is 1. The summed E-state index contributed by atoms with van der Waals surface area (Å²) >= 11 is 9.17. The number of hydrogen-bond donors (Lipinski definition) is 2. The molecule has 0 unspecified atom stereocenters. The van der Waals surface area contributed by atoms with Crippen molar-refractivity contribution in [1.29, 1.82) is 0 Å². The van der Waals surface area contributed by atoms with Crippen molar-refractivity contribution in [3.8, 4) is 0 Å². The molecule has 0 heterocycles. The number of benzene rings is 2. The van der Waals surface area contributed by atoms with Crippen LogP contribution >= 0.6 is 27.5 Å². The second-order valence-electron chi connectivity index (χ2n) is 6.12. The molecule has 0 aliphatic heterocycles. The number of non-ortho nitro benzene ring substituents is 1. The third-order valence-corrected chi connectivity index (χ3v) is 4.72. The first kappa shape index (κ1) is 20.4. The van der Waals surface area contributed by atoms with Crippen LogP contribution in [0.3, 0.4) is 0 Å². The van der Waals surface area contributed by atoms with Crippen molar-refractivity contribution in [2.75, 3.05) is 11.9 Å². The predicted octanol–water partition coefficient (Wildman–Crippen LogP) is 4.94. The molecule has 0 bridgehead atoms. The number of nitro benzene ring substituents is 1. The van der Waals surface area contributed by atoms with Crippen LogP contribution in [0.2, 0.25) is 5.02 Å². The third-order valence-electron chi connectivity index (χ3n) is 3.82. The molecule has 26 heavy (non-hydrogen) atoms. The van der Waals surface area contributed by atoms with Gasteiger partial charge in [-0.15, -0.1) is 0 Å². The molecule has 0 spiro atoms. The van der Waals surface area contributed by atoms with Gasteiger partial charge in [0.25, 0.3) is 5.69 Å². The van der Waals surface area contributed by atoms with Crippen LogP contribution in [-0.2, 0) is 4.79 Å². The Morgan fingerprint density at radius 3 is 2.42 bits per heavy atom. The van der Waals surface area contributed by atoms with Crippen LogP contribution in [0, 0.1) is 16.0 Å². The summed E-state index contributed by atoms with van der Waals surface area (Å²) in [5, 5.41) is 17.4. The highest BCUT2D eigenvalue weighted by molar-refractivity contribution is 9.10. The SMILES string of the molecule is CC(C)[C@@H](NCC(=O)Nc1ccc([N+](=O)[O-])cc1Br)c1ccc(Cl)cc1. The van der Waals surface area contributed by atoms with Gasteiger partial charge in [0, 0.05) is 27.7 Å². The topological polar surface area (TPSA) is 84.3 Å². The van der Waals surface area contributed by atoms with Crippen LogP contribution in [0.15, 0.2) is 46.9 Å². The Kier molecular flexibility index (Phi) is 7.14. The number of nitrogens with one attached hydrogen (secondary N) is 2. The molecule has 1 atom stereocenters. The molecule has 6 nitrogen and oxygen atoms in total. The van der Waals surface area contributed by atoms with Crippen LogP contribution in [0.25, 0.3) is 0 Å². The number of anilines is 1. The Morgan fingerprint density at radius 2 is 1.88 bits per heavy atom. The number of carbonyl (C=O) groups is 1. The van der Waals surface area contributed by atoms with E-state index in [1.54, 1.807) is 0 Å². The summed E-state index contributed by atoms with van der Waals surface area (Å²) in [6.07, 6.45) is 0. The molecule has 0 aromatic heterocycles. The maximum atomic E-state index is 12.2. The zero-order valence-corrected chi connectivity index (χ0v) is 16.7. The number of amides is 1. The predicted molar refractivity (Wildman–Crippen MR) is 106 cm³/mol. The average molecular weight is 441 g/mol. The summed E-state index contributed by atoms with van der Waals surface area (Å²) < 4.78 is 0.457. The molecular formula is C18H19BrClN3O3. The fourth-order valence-corrected chi connectivity index (χ4v) is 3.12. The molecule has 2 N–H and O–H groups in total. The Hall–Kier alpha value is -1.96. The van der Waals surface area contributed by atoms with E-state index in [1.165, 1.54) is 18.2 Å². The molecule has 0 aliphatic rings. The fraction of sp³-hybridized carbons (Fsp3) is 0.278. The first-order chi connectivity index (χ1) is 12.3. The van der Waals surface area contributed by atoms with Gasteiger partial charge in [-0.05, 0) is 45.6 Å². The molecule has 2 aromatic carbocycles. The number of carbonyl (C=O) groups excluding carboxylic acids is 1. The summed E-state index contributed by atoms with van der Waals surface area (Å²) in [6, 6.07) is 11.7. The van der Waals surface area contributed by atoms with Crippen LogP contribution < -0.4 is 10.6 Å². The molecule has 2 aromatic rings. The lowest BCUT2D eigenvalue weighted by atomic mass is 9.96. The average Bonchev–Trinajstić information content (AvgIpc) is 2.58. The van der Waals surface area contributed by atoms with Gasteiger partial charge in [-0.25, -0.2) is 0 Å². The van der Waals surface area contributed by atoms with Crippen molar-refractivity contribution in [3.05, 3.63) is 67.6 Å². The van der Waals surface area contributed by atoms with E-state index >= 15 is 0 Å². The van der Waals surface area contributed by atoms with Crippen LogP contribution in [0.5, 0.6) is 0 Å². The smallest absolute Gasteiger partial charge is 0.270 e. The van der Waals surface area contributed by atoms with E-state index in [1.807, 2.05) is 24.3 Å². The summed E-state index contributed by atoms with van der Waals surface area (Å²) in [4.78, 5) is 22.5. The van der Waals surface area contributed by atoms with E-state index in [4.69, 9.17) is 11.6 Å². The standard InChI is InChI=1S/C18H19BrClN3O3/c1-11(2)18(12-3-5-13(20)6-4-12)21-10-17(24)22-16-8-7-14(23(25)26)9-15(16)19/h3-9,11,18,21H,10H2,1-2H3,(H,22,24)/t18-/m1/s1. The van der Waals surface area contributed by atoms with Crippen molar-refractivity contribution in [2.24, 2.45) is 5.92 Å². The van der Waals surface area contributed by atoms with E-state index < -0.39 is 4.92 Å². The Labute approximate surface area is 165 Å². The minimum absolute atomic E-state index is 0.00156. The van der Waals surface area contributed by atoms with E-state index in [9.17, 15) is 14.9 Å². The second-order valence-corrected chi connectivity index (χ2v) is 7.41. The summed E-state index contributed by atoms with van der Waals surface area (Å²) in [6.45, 7) is 4.24. The lowest BCUT2D eigenvalue weighted by Gasteiger charge is -2.23. The minimum Gasteiger partial charge on any atom is -0.324 e. The lowest BCUT2D eigenvalue weighted by molar-refractivity contribution is -0.384. The zero-order valence-electron chi connectivity index (χ0n) is 14.3. The lowest BCUT2D eigenvalue weighted by Crippen LogP contribution is -2.33. The summed E-state index contributed by atoms with van der Waals surface area (Å²) in [5.74, 6) is 0.0363. The van der Waals surface area contributed by atoms with Gasteiger partial charge in [-0.2, -0.15) is 0 Å². The van der Waals surface area contributed by atoms with Crippen molar-refractivity contribution >= 4 is 44.8 Å². The Morgan fingerprint density at radius 1 is 1.23 bits per heavy atom. The van der Waals surface area contributed by atoms with Gasteiger partial charge < -0.3 is 10.6 Å². The van der Waals surface area contributed by atoms with Crippen molar-refractivity contribution in [1.82, 2.24) is 5.32 Å². The zero-order chi connectivity index (χ0) is 19.3. The molecular weight excluding hydrogens is 422 g/mol. The molecule has 1 amide bonds. The Balaban J connectivity index is 2.00. The van der Waals surface area contributed by atoms with Gasteiger partial charge in [0.2, 0.25) is 5.91 Å². The van der Waals surface area contributed by atoms with E-state index in [0.29, 0.717) is 15.2 Å². The van der Waals surface area contributed by atoms with Gasteiger partial charge >= 0.3 is 0 Å². The fourth-order valence-electron chi connectivity index (χ4n) is 2.52. The minimum atomic E-state index is -0.489. The molecule has 0 saturated heterocycles. The third kappa shape index (κ3) is 5.52. The highest BCUT2D eigenvalue weighted by Crippen LogP contribution is 2.27. The van der Waals surface area contributed by atoms with Crippen LogP contribution in [0.1, 0.15) is 25.5 Å². The quantitative estimate of drug-likeness (QED) is 0.472. The normalized spacial score (nSPS) is 12.0. The van der Waals surface area contributed by atoms with Crippen LogP contribution in [-0.4, -0.2) is 17.4 Å². The monoisotopic (exact) mass is 439 g/mol. The maximum absolute atomic E-state index is 12.2. The van der Waals surface area contributed by atoms with Gasteiger partial charge in [0.1, 0.15) is 0 Å². The molecule has 138 valence electrons. The van der Waals surface area contributed by atoms with E-state index in [0.717, 1.165) is 5.56 Å². The highest BCUT2D eigenvalue weighted by Gasteiger charge is 2.17. The van der Waals surface area contributed by atoms with Gasteiger partial charge in [0.15, 0.2) is 0 Å². The van der Waals surface area contributed by atoms with Gasteiger partial charge in [-0.1, -0.05) is 37.6 Å². The molecule has 0 fully saturated rings. The Bertz CT molecular complexity index is 797. The van der Waals surface area contributed by atoms with E-state index in [-0.39, 0.29) is 30.1 Å². The van der Waals surface area contributed by atoms with Crippen molar-refractivity contribution in [2.45, 2.75) is 19.9 Å². The molecule has 0 radical (unpaired) electrons. The number of hydrogen-bond acceptors (Lipinski definition) is 4. The molecule has 2 rings (SSSR count). The number of rotatable bonds is 7. The van der Waals surface area contributed by atoms with Gasteiger partial charge in [-0.3, -0.25) is 14.9 Å². The number of nitro groups is 1. The highest BCUT2D eigenvalue weighted by atomic mass is 79.9. The van der Waals surface area contributed by atoms with Crippen molar-refractivity contribution in [3.63, 3.8) is 0 Å². The number of halogens is 2.